The maximum absolute atomic E-state index is 13.4. The molecule has 0 fully saturated rings. The maximum atomic E-state index is 13.4. The van der Waals surface area contributed by atoms with Crippen LogP contribution in [-0.4, -0.2) is 12.5 Å². The van der Waals surface area contributed by atoms with Crippen LogP contribution >= 0.6 is 15.9 Å². The third kappa shape index (κ3) is 6.67. The van der Waals surface area contributed by atoms with E-state index in [4.69, 9.17) is 9.47 Å². The zero-order valence-corrected chi connectivity index (χ0v) is 19.8. The lowest BCUT2D eigenvalue weighted by Gasteiger charge is -2.14. The molecule has 33 heavy (non-hydrogen) atoms. The fraction of sp³-hybridized carbons (Fsp3) is 0.154. The number of aryl methyl sites for hydroxylation is 1. The van der Waals surface area contributed by atoms with Gasteiger partial charge in [-0.15, -0.1) is 0 Å². The highest BCUT2D eigenvalue weighted by Crippen LogP contribution is 2.35. The van der Waals surface area contributed by atoms with Crippen molar-refractivity contribution < 1.29 is 18.7 Å². The highest BCUT2D eigenvalue weighted by atomic mass is 79.9. The van der Waals surface area contributed by atoms with Gasteiger partial charge in [0.2, 0.25) is 0 Å². The number of nitrogens with one attached hydrogen (secondary N) is 1. The summed E-state index contributed by atoms with van der Waals surface area (Å²) in [6.07, 6.45) is 1.48. The molecule has 1 N–H and O–H groups in total. The first-order valence-corrected chi connectivity index (χ1v) is 11.0. The third-order valence-electron chi connectivity index (χ3n) is 4.62. The van der Waals surface area contributed by atoms with Crippen molar-refractivity contribution in [1.82, 2.24) is 0 Å². The highest BCUT2D eigenvalue weighted by Gasteiger charge is 2.14. The molecule has 0 radical (unpaired) electrons. The summed E-state index contributed by atoms with van der Waals surface area (Å²) in [4.78, 5) is 12.6. The number of amides is 1. The molecule has 0 aromatic heterocycles. The largest absolute Gasteiger partial charge is 0.490 e. The van der Waals surface area contributed by atoms with Crippen LogP contribution in [0.3, 0.4) is 0 Å². The van der Waals surface area contributed by atoms with Gasteiger partial charge < -0.3 is 14.8 Å². The van der Waals surface area contributed by atoms with Gasteiger partial charge in [-0.25, -0.2) is 4.39 Å². The second-order valence-corrected chi connectivity index (χ2v) is 8.02. The van der Waals surface area contributed by atoms with Crippen LogP contribution in [0, 0.1) is 24.1 Å². The lowest BCUT2D eigenvalue weighted by atomic mass is 10.1. The highest BCUT2D eigenvalue weighted by molar-refractivity contribution is 9.10. The first-order valence-electron chi connectivity index (χ1n) is 10.2. The first-order chi connectivity index (χ1) is 15.9. The van der Waals surface area contributed by atoms with E-state index in [1.807, 2.05) is 32.0 Å². The molecule has 0 bridgehead atoms. The van der Waals surface area contributed by atoms with E-state index >= 15 is 0 Å². The summed E-state index contributed by atoms with van der Waals surface area (Å²) >= 11 is 3.47. The van der Waals surface area contributed by atoms with E-state index in [1.54, 1.807) is 36.4 Å². The fourth-order valence-corrected chi connectivity index (χ4v) is 3.41. The van der Waals surface area contributed by atoms with Gasteiger partial charge in [0.05, 0.1) is 6.61 Å². The van der Waals surface area contributed by atoms with Gasteiger partial charge >= 0.3 is 0 Å². The van der Waals surface area contributed by atoms with Crippen molar-refractivity contribution in [1.29, 1.82) is 5.26 Å². The molecule has 5 nitrogen and oxygen atoms in total. The maximum Gasteiger partial charge on any atom is 0.266 e. The smallest absolute Gasteiger partial charge is 0.266 e. The molecule has 168 valence electrons. The summed E-state index contributed by atoms with van der Waals surface area (Å²) in [5.41, 5.74) is 2.86. The van der Waals surface area contributed by atoms with Crippen molar-refractivity contribution in [2.45, 2.75) is 20.5 Å². The van der Waals surface area contributed by atoms with Gasteiger partial charge in [0, 0.05) is 10.2 Å². The van der Waals surface area contributed by atoms with Crippen LogP contribution in [0.25, 0.3) is 6.08 Å². The molecular weight excluding hydrogens is 487 g/mol. The monoisotopic (exact) mass is 508 g/mol. The number of rotatable bonds is 8. The van der Waals surface area contributed by atoms with E-state index < -0.39 is 5.91 Å². The topological polar surface area (TPSA) is 71.3 Å². The predicted octanol–water partition coefficient (Wildman–Crippen LogP) is 6.42. The van der Waals surface area contributed by atoms with Crippen molar-refractivity contribution in [2.24, 2.45) is 0 Å². The van der Waals surface area contributed by atoms with Gasteiger partial charge in [0.25, 0.3) is 5.91 Å². The molecule has 3 aromatic rings. The van der Waals surface area contributed by atoms with Crippen LogP contribution in [0.4, 0.5) is 10.1 Å². The number of carbonyl (C=O) groups is 1. The Morgan fingerprint density at radius 2 is 1.85 bits per heavy atom. The lowest BCUT2D eigenvalue weighted by molar-refractivity contribution is -0.112. The second kappa shape index (κ2) is 11.3. The molecule has 0 atom stereocenters. The van der Waals surface area contributed by atoms with Crippen LogP contribution in [0.2, 0.25) is 0 Å². The van der Waals surface area contributed by atoms with Crippen molar-refractivity contribution in [3.05, 3.63) is 93.2 Å². The summed E-state index contributed by atoms with van der Waals surface area (Å²) < 4.78 is 25.6. The van der Waals surface area contributed by atoms with Gasteiger partial charge in [-0.2, -0.15) is 5.26 Å². The molecule has 0 aliphatic carbocycles. The van der Waals surface area contributed by atoms with Crippen molar-refractivity contribution in [3.63, 3.8) is 0 Å². The van der Waals surface area contributed by atoms with Gasteiger partial charge in [-0.1, -0.05) is 45.8 Å². The average Bonchev–Trinajstić information content (AvgIpc) is 2.79. The molecule has 0 unspecified atom stereocenters. The molecule has 3 rings (SSSR count). The Morgan fingerprint density at radius 1 is 1.12 bits per heavy atom. The molecule has 0 aliphatic heterocycles. The van der Waals surface area contributed by atoms with Gasteiger partial charge in [-0.3, -0.25) is 4.79 Å². The quantitative estimate of drug-likeness (QED) is 0.281. The minimum Gasteiger partial charge on any atom is -0.490 e. The van der Waals surface area contributed by atoms with Crippen LogP contribution in [0.1, 0.15) is 23.6 Å². The first kappa shape index (κ1) is 24.0. The number of halogens is 2. The zero-order valence-electron chi connectivity index (χ0n) is 18.2. The van der Waals surface area contributed by atoms with Gasteiger partial charge in [-0.05, 0) is 67.4 Å². The van der Waals surface area contributed by atoms with E-state index in [1.165, 1.54) is 18.2 Å². The molecule has 0 aliphatic rings. The summed E-state index contributed by atoms with van der Waals surface area (Å²) in [6, 6.07) is 18.8. The molecule has 0 saturated carbocycles. The number of benzene rings is 3. The number of anilines is 1. The molecule has 3 aromatic carbocycles. The van der Waals surface area contributed by atoms with Crippen LogP contribution in [-0.2, 0) is 11.4 Å². The molecule has 0 saturated heterocycles. The summed E-state index contributed by atoms with van der Waals surface area (Å²) in [5, 5.41) is 12.3. The molecule has 0 spiro atoms. The van der Waals surface area contributed by atoms with E-state index in [-0.39, 0.29) is 18.0 Å². The Balaban J connectivity index is 1.84. The predicted molar refractivity (Wildman–Crippen MR) is 129 cm³/mol. The minimum absolute atomic E-state index is 0.0628. The Morgan fingerprint density at radius 3 is 2.52 bits per heavy atom. The normalized spacial score (nSPS) is 10.9. The Bertz CT molecular complexity index is 1220. The zero-order chi connectivity index (χ0) is 23.8. The fourth-order valence-electron chi connectivity index (χ4n) is 2.97. The molecule has 1 amide bonds. The average molecular weight is 509 g/mol. The SMILES string of the molecule is CCOc1cc(/C=C(\C#N)C(=O)Nc2ccc(C)cc2)c(Br)cc1OCc1cccc(F)c1. The van der Waals surface area contributed by atoms with E-state index in [0.717, 1.165) is 5.56 Å². The summed E-state index contributed by atoms with van der Waals surface area (Å²) in [5.74, 6) is 0.0423. The third-order valence-corrected chi connectivity index (χ3v) is 5.31. The Labute approximate surface area is 200 Å². The van der Waals surface area contributed by atoms with Crippen molar-refractivity contribution in [2.75, 3.05) is 11.9 Å². The Hall–Kier alpha value is -3.63. The van der Waals surface area contributed by atoms with E-state index in [0.29, 0.717) is 39.4 Å². The minimum atomic E-state index is -0.516. The van der Waals surface area contributed by atoms with Gasteiger partial charge in [0.15, 0.2) is 11.5 Å². The Kier molecular flexibility index (Phi) is 8.22. The number of nitriles is 1. The summed E-state index contributed by atoms with van der Waals surface area (Å²) in [7, 11) is 0. The van der Waals surface area contributed by atoms with Crippen LogP contribution in [0.5, 0.6) is 11.5 Å². The van der Waals surface area contributed by atoms with E-state index in [9.17, 15) is 14.4 Å². The number of carbonyl (C=O) groups excluding carboxylic acids is 1. The van der Waals surface area contributed by atoms with E-state index in [2.05, 4.69) is 21.2 Å². The number of hydrogen-bond acceptors (Lipinski definition) is 4. The second-order valence-electron chi connectivity index (χ2n) is 7.16. The standard InChI is InChI=1S/C26H22BrFN2O3/c1-3-32-24-13-19(12-20(15-29)26(31)30-22-9-7-17(2)8-10-22)23(27)14-25(24)33-16-18-5-4-6-21(28)11-18/h4-14H,3,16H2,1-2H3,(H,30,31)/b20-12+. The molecule has 7 heteroatoms. The number of nitrogens with zero attached hydrogens (tertiary/aromatic N) is 1. The number of hydrogen-bond donors (Lipinski definition) is 1. The number of ether oxygens (including phenoxy) is 2. The molecular formula is C26H22BrFN2O3. The van der Waals surface area contributed by atoms with Crippen molar-refractivity contribution >= 4 is 33.6 Å². The molecule has 0 heterocycles. The van der Waals surface area contributed by atoms with Crippen LogP contribution in [0.15, 0.2) is 70.7 Å². The lowest BCUT2D eigenvalue weighted by Crippen LogP contribution is -2.13. The van der Waals surface area contributed by atoms with Gasteiger partial charge in [0.1, 0.15) is 24.1 Å². The van der Waals surface area contributed by atoms with Crippen LogP contribution < -0.4 is 14.8 Å². The summed E-state index contributed by atoms with van der Waals surface area (Å²) in [6.45, 7) is 4.33. The van der Waals surface area contributed by atoms with Crippen molar-refractivity contribution in [3.8, 4) is 17.6 Å².